The van der Waals surface area contributed by atoms with Gasteiger partial charge >= 0.3 is 0 Å². The van der Waals surface area contributed by atoms with Crippen LogP contribution in [0.3, 0.4) is 0 Å². The summed E-state index contributed by atoms with van der Waals surface area (Å²) in [6, 6.07) is 21.5. The molecule has 0 bridgehead atoms. The van der Waals surface area contributed by atoms with Gasteiger partial charge in [-0.25, -0.2) is 0 Å². The second-order valence-corrected chi connectivity index (χ2v) is 5.96. The van der Waals surface area contributed by atoms with Gasteiger partial charge in [0.05, 0.1) is 11.0 Å². The first-order valence-electron chi connectivity index (χ1n) is 8.06. The summed E-state index contributed by atoms with van der Waals surface area (Å²) in [4.78, 5) is 4.70. The van der Waals surface area contributed by atoms with Crippen LogP contribution in [0.25, 0.3) is 43.5 Å². The Morgan fingerprint density at radius 3 is 2.48 bits per heavy atom. The van der Waals surface area contributed by atoms with Crippen LogP contribution in [0, 0.1) is 0 Å². The molecule has 0 aliphatic rings. The Morgan fingerprint density at radius 2 is 1.61 bits per heavy atom. The molecule has 110 valence electrons. The molecule has 0 atom stereocenters. The van der Waals surface area contributed by atoms with E-state index in [0.29, 0.717) is 0 Å². The van der Waals surface area contributed by atoms with Crippen molar-refractivity contribution in [3.8, 4) is 0 Å². The van der Waals surface area contributed by atoms with Gasteiger partial charge in [0.1, 0.15) is 0 Å². The number of hydrogen-bond donors (Lipinski definition) is 0. The SMILES string of the molecule is CCn1c2ccc3ccccc3c2c2cnc3ccccc3c21. The van der Waals surface area contributed by atoms with E-state index in [0.717, 1.165) is 12.1 Å². The fourth-order valence-electron chi connectivity index (χ4n) is 3.82. The maximum atomic E-state index is 4.70. The van der Waals surface area contributed by atoms with E-state index in [4.69, 9.17) is 4.98 Å². The Bertz CT molecular complexity index is 1200. The summed E-state index contributed by atoms with van der Waals surface area (Å²) in [7, 11) is 0. The predicted octanol–water partition coefficient (Wildman–Crippen LogP) is 5.52. The Labute approximate surface area is 134 Å². The molecule has 2 nitrogen and oxygen atoms in total. The van der Waals surface area contributed by atoms with Gasteiger partial charge in [0, 0.05) is 34.4 Å². The lowest BCUT2D eigenvalue weighted by Gasteiger charge is -2.05. The summed E-state index contributed by atoms with van der Waals surface area (Å²) in [6.07, 6.45) is 2.04. The van der Waals surface area contributed by atoms with Crippen molar-refractivity contribution in [1.82, 2.24) is 9.55 Å². The topological polar surface area (TPSA) is 17.8 Å². The highest BCUT2D eigenvalue weighted by Gasteiger charge is 2.15. The van der Waals surface area contributed by atoms with Gasteiger partial charge in [-0.3, -0.25) is 4.98 Å². The molecule has 0 saturated heterocycles. The van der Waals surface area contributed by atoms with Crippen LogP contribution in [0.5, 0.6) is 0 Å². The van der Waals surface area contributed by atoms with Gasteiger partial charge in [-0.2, -0.15) is 0 Å². The number of benzene rings is 3. The third-order valence-electron chi connectivity index (χ3n) is 4.80. The lowest BCUT2D eigenvalue weighted by Crippen LogP contribution is -1.94. The first-order chi connectivity index (χ1) is 11.4. The first kappa shape index (κ1) is 12.7. The van der Waals surface area contributed by atoms with Crippen molar-refractivity contribution < 1.29 is 0 Å². The zero-order valence-corrected chi connectivity index (χ0v) is 13.0. The van der Waals surface area contributed by atoms with Crippen molar-refractivity contribution in [2.24, 2.45) is 0 Å². The van der Waals surface area contributed by atoms with Crippen LogP contribution in [0.1, 0.15) is 6.92 Å². The minimum absolute atomic E-state index is 0.951. The average Bonchev–Trinajstić information content (AvgIpc) is 2.96. The highest BCUT2D eigenvalue weighted by Crippen LogP contribution is 2.37. The van der Waals surface area contributed by atoms with Crippen LogP contribution >= 0.6 is 0 Å². The van der Waals surface area contributed by atoms with Gasteiger partial charge in [0.25, 0.3) is 0 Å². The number of pyridine rings is 1. The highest BCUT2D eigenvalue weighted by molar-refractivity contribution is 6.24. The second-order valence-electron chi connectivity index (χ2n) is 5.96. The van der Waals surface area contributed by atoms with E-state index in [-0.39, 0.29) is 0 Å². The zero-order valence-electron chi connectivity index (χ0n) is 13.0. The molecule has 2 aromatic heterocycles. The van der Waals surface area contributed by atoms with Gasteiger partial charge in [0.15, 0.2) is 0 Å². The van der Waals surface area contributed by atoms with Gasteiger partial charge in [0.2, 0.25) is 0 Å². The van der Waals surface area contributed by atoms with Gasteiger partial charge in [-0.1, -0.05) is 48.5 Å². The van der Waals surface area contributed by atoms with E-state index in [2.05, 4.69) is 72.2 Å². The van der Waals surface area contributed by atoms with Gasteiger partial charge in [-0.15, -0.1) is 0 Å². The van der Waals surface area contributed by atoms with Crippen LogP contribution in [0.2, 0.25) is 0 Å². The monoisotopic (exact) mass is 296 g/mol. The molecule has 0 fully saturated rings. The van der Waals surface area contributed by atoms with E-state index in [1.807, 2.05) is 6.20 Å². The maximum absolute atomic E-state index is 4.70. The first-order valence-corrected chi connectivity index (χ1v) is 8.06. The van der Waals surface area contributed by atoms with E-state index in [1.165, 1.54) is 38.0 Å². The summed E-state index contributed by atoms with van der Waals surface area (Å²) in [5, 5.41) is 6.38. The standard InChI is InChI=1S/C21H16N2/c1-2-23-19-12-11-14-7-3-4-8-15(14)20(19)17-13-22-18-10-6-5-9-16(18)21(17)23/h3-13H,2H2,1H3. The largest absolute Gasteiger partial charge is 0.340 e. The van der Waals surface area contributed by atoms with E-state index in [1.54, 1.807) is 0 Å². The normalized spacial score (nSPS) is 11.9. The number of aromatic nitrogens is 2. The lowest BCUT2D eigenvalue weighted by atomic mass is 10.0. The fourth-order valence-corrected chi connectivity index (χ4v) is 3.82. The smallest absolute Gasteiger partial charge is 0.0723 e. The van der Waals surface area contributed by atoms with Crippen LogP contribution in [0.15, 0.2) is 66.9 Å². The molecule has 23 heavy (non-hydrogen) atoms. The van der Waals surface area contributed by atoms with E-state index >= 15 is 0 Å². The molecule has 3 aromatic carbocycles. The number of nitrogens with zero attached hydrogens (tertiary/aromatic N) is 2. The molecular formula is C21H16N2. The maximum Gasteiger partial charge on any atom is 0.0723 e. The lowest BCUT2D eigenvalue weighted by molar-refractivity contribution is 0.829. The average molecular weight is 296 g/mol. The summed E-state index contributed by atoms with van der Waals surface area (Å²) in [6.45, 7) is 3.16. The quantitative estimate of drug-likeness (QED) is 0.398. The molecule has 0 unspecified atom stereocenters. The molecule has 2 heteroatoms. The Hall–Kier alpha value is -2.87. The van der Waals surface area contributed by atoms with E-state index in [9.17, 15) is 0 Å². The van der Waals surface area contributed by atoms with Crippen molar-refractivity contribution in [2.75, 3.05) is 0 Å². The van der Waals surface area contributed by atoms with Crippen LogP contribution in [0.4, 0.5) is 0 Å². The molecule has 5 aromatic rings. The summed E-state index contributed by atoms with van der Waals surface area (Å²) >= 11 is 0. The van der Waals surface area contributed by atoms with Crippen LogP contribution < -0.4 is 0 Å². The van der Waals surface area contributed by atoms with Crippen molar-refractivity contribution >= 4 is 43.5 Å². The number of hydrogen-bond acceptors (Lipinski definition) is 1. The fraction of sp³-hybridized carbons (Fsp3) is 0.0952. The molecule has 0 radical (unpaired) electrons. The summed E-state index contributed by atoms with van der Waals surface area (Å²) in [5.74, 6) is 0. The minimum Gasteiger partial charge on any atom is -0.340 e. The number of fused-ring (bicyclic) bond motifs is 7. The van der Waals surface area contributed by atoms with Crippen molar-refractivity contribution in [2.45, 2.75) is 13.5 Å². The number of para-hydroxylation sites is 1. The Kier molecular flexibility index (Phi) is 2.51. The molecule has 0 aliphatic carbocycles. The van der Waals surface area contributed by atoms with Crippen LogP contribution in [-0.2, 0) is 6.54 Å². The number of aryl methyl sites for hydroxylation is 1. The summed E-state index contributed by atoms with van der Waals surface area (Å²) in [5.41, 5.74) is 3.64. The highest BCUT2D eigenvalue weighted by atomic mass is 15.0. The molecule has 0 saturated carbocycles. The summed E-state index contributed by atoms with van der Waals surface area (Å²) < 4.78 is 2.42. The molecule has 0 amide bonds. The Morgan fingerprint density at radius 1 is 0.826 bits per heavy atom. The predicted molar refractivity (Wildman–Crippen MR) is 97.9 cm³/mol. The van der Waals surface area contributed by atoms with Crippen molar-refractivity contribution in [3.63, 3.8) is 0 Å². The zero-order chi connectivity index (χ0) is 15.4. The number of rotatable bonds is 1. The van der Waals surface area contributed by atoms with Gasteiger partial charge in [-0.05, 0) is 29.8 Å². The van der Waals surface area contributed by atoms with E-state index < -0.39 is 0 Å². The third kappa shape index (κ3) is 1.61. The molecular weight excluding hydrogens is 280 g/mol. The Balaban J connectivity index is 2.15. The molecule has 0 N–H and O–H groups in total. The second kappa shape index (κ2) is 4.56. The van der Waals surface area contributed by atoms with Gasteiger partial charge < -0.3 is 4.57 Å². The molecule has 2 heterocycles. The third-order valence-corrected chi connectivity index (χ3v) is 4.80. The van der Waals surface area contributed by atoms with Crippen molar-refractivity contribution in [1.29, 1.82) is 0 Å². The molecule has 0 spiro atoms. The molecule has 0 aliphatic heterocycles. The van der Waals surface area contributed by atoms with Crippen LogP contribution in [-0.4, -0.2) is 9.55 Å². The molecule has 5 rings (SSSR count). The van der Waals surface area contributed by atoms with Crippen molar-refractivity contribution in [3.05, 3.63) is 66.9 Å². The minimum atomic E-state index is 0.951.